The molecule has 0 spiro atoms. The van der Waals surface area contributed by atoms with Gasteiger partial charge in [-0.15, -0.1) is 0 Å². The van der Waals surface area contributed by atoms with Gasteiger partial charge in [-0.3, -0.25) is 9.59 Å². The average molecular weight is 351 g/mol. The largest absolute Gasteiger partial charge is 0.459 e. The van der Waals surface area contributed by atoms with Gasteiger partial charge >= 0.3 is 0 Å². The molecule has 2 amide bonds. The van der Waals surface area contributed by atoms with Crippen LogP contribution in [-0.4, -0.2) is 23.8 Å². The predicted molar refractivity (Wildman–Crippen MR) is 94.2 cm³/mol. The summed E-state index contributed by atoms with van der Waals surface area (Å²) in [4.78, 5) is 31.7. The quantitative estimate of drug-likeness (QED) is 0.762. The Morgan fingerprint density at radius 3 is 2.92 bits per heavy atom. The first kappa shape index (κ1) is 15.5. The minimum absolute atomic E-state index is 0.150. The maximum absolute atomic E-state index is 12.8. The molecule has 1 N–H and O–H groups in total. The van der Waals surface area contributed by atoms with Crippen LogP contribution in [0.1, 0.15) is 20.9 Å². The normalized spacial score (nSPS) is 13.0. The minimum atomic E-state index is -0.364. The van der Waals surface area contributed by atoms with Crippen molar-refractivity contribution < 1.29 is 14.0 Å². The van der Waals surface area contributed by atoms with E-state index in [-0.39, 0.29) is 17.6 Å². The Hall–Kier alpha value is -3.06. The van der Waals surface area contributed by atoms with Crippen LogP contribution in [0.4, 0.5) is 11.4 Å². The first-order valence-corrected chi connectivity index (χ1v) is 8.35. The second kappa shape index (κ2) is 6.10. The SMILES string of the molecule is CN1C(=O)c2cc(NC(=O)c3ccco3)ccc2Sc2ncccc21. The van der Waals surface area contributed by atoms with E-state index in [4.69, 9.17) is 4.42 Å². The molecule has 1 aliphatic heterocycles. The Bertz CT molecular complexity index is 969. The van der Waals surface area contributed by atoms with Crippen LogP contribution in [-0.2, 0) is 0 Å². The monoisotopic (exact) mass is 351 g/mol. The third-order valence-electron chi connectivity index (χ3n) is 3.84. The van der Waals surface area contributed by atoms with Crippen molar-refractivity contribution in [2.24, 2.45) is 0 Å². The number of aromatic nitrogens is 1. The van der Waals surface area contributed by atoms with Crippen LogP contribution in [0.5, 0.6) is 0 Å². The molecule has 0 saturated carbocycles. The van der Waals surface area contributed by atoms with E-state index in [0.717, 1.165) is 15.6 Å². The van der Waals surface area contributed by atoms with Crippen molar-refractivity contribution in [2.45, 2.75) is 9.92 Å². The molecule has 0 atom stereocenters. The number of pyridine rings is 1. The molecule has 0 unspecified atom stereocenters. The fraction of sp³-hybridized carbons (Fsp3) is 0.0556. The van der Waals surface area contributed by atoms with Crippen molar-refractivity contribution in [2.75, 3.05) is 17.3 Å². The summed E-state index contributed by atoms with van der Waals surface area (Å²) in [6, 6.07) is 12.1. The molecule has 2 aromatic heterocycles. The zero-order valence-electron chi connectivity index (χ0n) is 13.2. The number of hydrogen-bond donors (Lipinski definition) is 1. The van der Waals surface area contributed by atoms with Crippen LogP contribution in [0.15, 0.2) is 69.3 Å². The Balaban J connectivity index is 1.69. The van der Waals surface area contributed by atoms with Gasteiger partial charge in [0.2, 0.25) is 0 Å². The van der Waals surface area contributed by atoms with Crippen molar-refractivity contribution in [1.82, 2.24) is 4.98 Å². The van der Waals surface area contributed by atoms with E-state index in [2.05, 4.69) is 10.3 Å². The van der Waals surface area contributed by atoms with Crippen LogP contribution in [0.3, 0.4) is 0 Å². The van der Waals surface area contributed by atoms with Gasteiger partial charge in [-0.2, -0.15) is 0 Å². The van der Waals surface area contributed by atoms with Crippen LogP contribution in [0.25, 0.3) is 0 Å². The zero-order chi connectivity index (χ0) is 17.4. The maximum Gasteiger partial charge on any atom is 0.291 e. The van der Waals surface area contributed by atoms with Crippen molar-refractivity contribution in [1.29, 1.82) is 0 Å². The highest BCUT2D eigenvalue weighted by atomic mass is 32.2. The zero-order valence-corrected chi connectivity index (χ0v) is 14.0. The summed E-state index contributed by atoms with van der Waals surface area (Å²) in [6.07, 6.45) is 3.14. The van der Waals surface area contributed by atoms with E-state index in [1.807, 2.05) is 12.1 Å². The van der Waals surface area contributed by atoms with Gasteiger partial charge in [-0.25, -0.2) is 4.98 Å². The molecule has 1 aliphatic rings. The van der Waals surface area contributed by atoms with E-state index in [9.17, 15) is 9.59 Å². The molecule has 0 fully saturated rings. The lowest BCUT2D eigenvalue weighted by Crippen LogP contribution is -2.26. The second-order valence-corrected chi connectivity index (χ2v) is 6.47. The Morgan fingerprint density at radius 2 is 2.12 bits per heavy atom. The number of nitrogens with one attached hydrogen (secondary N) is 1. The number of carbonyl (C=O) groups is 2. The van der Waals surface area contributed by atoms with Gasteiger partial charge in [0.05, 0.1) is 17.5 Å². The van der Waals surface area contributed by atoms with Crippen LogP contribution < -0.4 is 10.2 Å². The van der Waals surface area contributed by atoms with Gasteiger partial charge in [-0.1, -0.05) is 11.8 Å². The summed E-state index contributed by atoms with van der Waals surface area (Å²) in [5.41, 5.74) is 1.80. The lowest BCUT2D eigenvalue weighted by atomic mass is 10.1. The highest BCUT2D eigenvalue weighted by Gasteiger charge is 2.26. The summed E-state index contributed by atoms with van der Waals surface area (Å²) in [5.74, 6) is -0.301. The lowest BCUT2D eigenvalue weighted by molar-refractivity contribution is 0.0983. The summed E-state index contributed by atoms with van der Waals surface area (Å²) in [7, 11) is 1.71. The van der Waals surface area contributed by atoms with Gasteiger partial charge in [0.25, 0.3) is 11.8 Å². The summed E-state index contributed by atoms with van der Waals surface area (Å²) in [6.45, 7) is 0. The second-order valence-electron chi connectivity index (χ2n) is 5.44. The number of fused-ring (bicyclic) bond motifs is 2. The van der Waals surface area contributed by atoms with Crippen molar-refractivity contribution >= 4 is 35.0 Å². The van der Waals surface area contributed by atoms with Gasteiger partial charge in [-0.05, 0) is 42.5 Å². The van der Waals surface area contributed by atoms with Crippen molar-refractivity contribution in [3.63, 3.8) is 0 Å². The Labute approximate surface area is 147 Å². The van der Waals surface area contributed by atoms with E-state index in [1.165, 1.54) is 18.0 Å². The molecule has 1 aromatic carbocycles. The molecule has 6 nitrogen and oxygen atoms in total. The van der Waals surface area contributed by atoms with Crippen LogP contribution in [0, 0.1) is 0 Å². The number of anilines is 2. The number of rotatable bonds is 2. The number of nitrogens with zero attached hydrogens (tertiary/aromatic N) is 2. The van der Waals surface area contributed by atoms with Gasteiger partial charge in [0, 0.05) is 23.8 Å². The molecule has 3 aromatic rings. The highest BCUT2D eigenvalue weighted by molar-refractivity contribution is 7.99. The molecule has 4 rings (SSSR count). The molecule has 7 heteroatoms. The summed E-state index contributed by atoms with van der Waals surface area (Å²) < 4.78 is 5.08. The maximum atomic E-state index is 12.8. The van der Waals surface area contributed by atoms with Crippen LogP contribution >= 0.6 is 11.8 Å². The Kier molecular flexibility index (Phi) is 3.77. The molecule has 124 valence electrons. The molecule has 0 bridgehead atoms. The molecule has 25 heavy (non-hydrogen) atoms. The number of hydrogen-bond acceptors (Lipinski definition) is 5. The van der Waals surface area contributed by atoms with Crippen LogP contribution in [0.2, 0.25) is 0 Å². The van der Waals surface area contributed by atoms with E-state index >= 15 is 0 Å². The smallest absolute Gasteiger partial charge is 0.291 e. The molecular weight excluding hydrogens is 338 g/mol. The topological polar surface area (TPSA) is 75.4 Å². The molecule has 0 radical (unpaired) electrons. The number of amides is 2. The van der Waals surface area contributed by atoms with E-state index < -0.39 is 0 Å². The first-order chi connectivity index (χ1) is 12.1. The molecule has 3 heterocycles. The number of benzene rings is 1. The van der Waals surface area contributed by atoms with Crippen molar-refractivity contribution in [3.05, 3.63) is 66.2 Å². The van der Waals surface area contributed by atoms with Gasteiger partial charge in [0.1, 0.15) is 5.03 Å². The molecule has 0 saturated heterocycles. The fourth-order valence-electron chi connectivity index (χ4n) is 2.57. The summed E-state index contributed by atoms with van der Waals surface area (Å²) >= 11 is 1.43. The third kappa shape index (κ3) is 2.78. The minimum Gasteiger partial charge on any atom is -0.459 e. The first-order valence-electron chi connectivity index (χ1n) is 7.53. The van der Waals surface area contributed by atoms with Gasteiger partial charge < -0.3 is 14.6 Å². The van der Waals surface area contributed by atoms with Gasteiger partial charge in [0.15, 0.2) is 5.76 Å². The predicted octanol–water partition coefficient (Wildman–Crippen LogP) is 3.67. The van der Waals surface area contributed by atoms with E-state index in [0.29, 0.717) is 11.3 Å². The highest BCUT2D eigenvalue weighted by Crippen LogP contribution is 2.40. The standard InChI is InChI=1S/C18H13N3O3S/c1-21-13-4-2-8-19-17(13)25-15-7-6-11(10-12(15)18(21)23)20-16(22)14-5-3-9-24-14/h2-10H,1H3,(H,20,22). The number of furan rings is 1. The third-order valence-corrected chi connectivity index (χ3v) is 4.92. The number of carbonyl (C=O) groups excluding carboxylic acids is 2. The van der Waals surface area contributed by atoms with E-state index in [1.54, 1.807) is 48.5 Å². The molecular formula is C18H13N3O3S. The summed E-state index contributed by atoms with van der Waals surface area (Å²) in [5, 5.41) is 3.51. The Morgan fingerprint density at radius 1 is 1.24 bits per heavy atom. The van der Waals surface area contributed by atoms with Crippen molar-refractivity contribution in [3.8, 4) is 0 Å². The fourth-order valence-corrected chi connectivity index (χ4v) is 3.60. The molecule has 0 aliphatic carbocycles. The lowest BCUT2D eigenvalue weighted by Gasteiger charge is -2.16. The average Bonchev–Trinajstić information content (AvgIpc) is 3.14.